The van der Waals surface area contributed by atoms with E-state index in [1.165, 1.54) is 5.69 Å². The summed E-state index contributed by atoms with van der Waals surface area (Å²) in [5.41, 5.74) is 8.24. The maximum atomic E-state index is 6.01. The highest BCUT2D eigenvalue weighted by atomic mass is 35.5. The first-order chi connectivity index (χ1) is 6.59. The molecule has 1 aliphatic heterocycles. The molecule has 2 heterocycles. The van der Waals surface area contributed by atoms with E-state index in [4.69, 9.17) is 17.3 Å². The molecule has 1 aliphatic rings. The molecule has 4 heteroatoms. The lowest BCUT2D eigenvalue weighted by Gasteiger charge is -2.27. The SMILES string of the molecule is Cc1nc(Cl)n2c1CC(C(C)N)CC2. The lowest BCUT2D eigenvalue weighted by Crippen LogP contribution is -2.33. The van der Waals surface area contributed by atoms with Crippen LogP contribution in [-0.2, 0) is 13.0 Å². The summed E-state index contributed by atoms with van der Waals surface area (Å²) in [6.45, 7) is 5.05. The fourth-order valence-corrected chi connectivity index (χ4v) is 2.46. The average molecular weight is 214 g/mol. The van der Waals surface area contributed by atoms with Crippen LogP contribution in [0.5, 0.6) is 0 Å². The second-order valence-corrected chi connectivity index (χ2v) is 4.51. The molecule has 14 heavy (non-hydrogen) atoms. The predicted octanol–water partition coefficient (Wildman–Crippen LogP) is 1.75. The zero-order valence-corrected chi connectivity index (χ0v) is 9.38. The molecule has 1 aromatic heterocycles. The molecule has 0 bridgehead atoms. The van der Waals surface area contributed by atoms with Crippen molar-refractivity contribution in [3.63, 3.8) is 0 Å². The number of hydrogen-bond donors (Lipinski definition) is 1. The van der Waals surface area contributed by atoms with Gasteiger partial charge in [-0.3, -0.25) is 0 Å². The quantitative estimate of drug-likeness (QED) is 0.773. The van der Waals surface area contributed by atoms with Gasteiger partial charge in [0.05, 0.1) is 5.69 Å². The molecule has 2 N–H and O–H groups in total. The van der Waals surface area contributed by atoms with Gasteiger partial charge in [-0.05, 0) is 44.2 Å². The molecule has 0 amide bonds. The molecule has 2 rings (SSSR count). The van der Waals surface area contributed by atoms with Crippen LogP contribution >= 0.6 is 11.6 Å². The number of hydrogen-bond acceptors (Lipinski definition) is 2. The van der Waals surface area contributed by atoms with E-state index in [0.29, 0.717) is 11.2 Å². The number of halogens is 1. The van der Waals surface area contributed by atoms with Crippen molar-refractivity contribution < 1.29 is 0 Å². The number of imidazole rings is 1. The number of nitrogens with zero attached hydrogens (tertiary/aromatic N) is 2. The van der Waals surface area contributed by atoms with Crippen molar-refractivity contribution in [3.05, 3.63) is 16.7 Å². The molecule has 1 aromatic rings. The van der Waals surface area contributed by atoms with Crippen LogP contribution in [0.25, 0.3) is 0 Å². The van der Waals surface area contributed by atoms with Crippen LogP contribution in [0.1, 0.15) is 24.7 Å². The molecule has 0 fully saturated rings. The summed E-state index contributed by atoms with van der Waals surface area (Å²) in [6, 6.07) is 0.261. The van der Waals surface area contributed by atoms with Gasteiger partial charge in [-0.15, -0.1) is 0 Å². The smallest absolute Gasteiger partial charge is 0.203 e. The van der Waals surface area contributed by atoms with E-state index in [0.717, 1.165) is 25.1 Å². The van der Waals surface area contributed by atoms with E-state index in [1.54, 1.807) is 0 Å². The van der Waals surface area contributed by atoms with Gasteiger partial charge >= 0.3 is 0 Å². The zero-order valence-electron chi connectivity index (χ0n) is 8.63. The molecular formula is C10H16ClN3. The highest BCUT2D eigenvalue weighted by Gasteiger charge is 2.25. The molecule has 2 unspecified atom stereocenters. The normalized spacial score (nSPS) is 23.3. The molecule has 0 saturated carbocycles. The van der Waals surface area contributed by atoms with Crippen molar-refractivity contribution in [1.82, 2.24) is 9.55 Å². The van der Waals surface area contributed by atoms with Crippen LogP contribution in [0.2, 0.25) is 5.28 Å². The Morgan fingerprint density at radius 3 is 3.00 bits per heavy atom. The van der Waals surface area contributed by atoms with Gasteiger partial charge in [-0.25, -0.2) is 4.98 Å². The van der Waals surface area contributed by atoms with Crippen molar-refractivity contribution in [2.75, 3.05) is 0 Å². The number of fused-ring (bicyclic) bond motifs is 1. The minimum absolute atomic E-state index is 0.261. The Morgan fingerprint density at radius 1 is 1.64 bits per heavy atom. The standard InChI is InChI=1S/C10H16ClN3/c1-6(12)8-3-4-14-9(5-8)7(2)13-10(14)11/h6,8H,3-5,12H2,1-2H3. The molecule has 0 aromatic carbocycles. The summed E-state index contributed by atoms with van der Waals surface area (Å²) < 4.78 is 2.11. The number of nitrogens with two attached hydrogens (primary N) is 1. The third-order valence-corrected chi connectivity index (χ3v) is 3.44. The molecule has 3 nitrogen and oxygen atoms in total. The van der Waals surface area contributed by atoms with Gasteiger partial charge in [-0.2, -0.15) is 0 Å². The topological polar surface area (TPSA) is 43.8 Å². The van der Waals surface area contributed by atoms with Gasteiger partial charge in [0.1, 0.15) is 0 Å². The van der Waals surface area contributed by atoms with Gasteiger partial charge in [0.25, 0.3) is 0 Å². The Bertz CT molecular complexity index is 343. The zero-order chi connectivity index (χ0) is 10.3. The molecule has 0 radical (unpaired) electrons. The van der Waals surface area contributed by atoms with Crippen LogP contribution in [0.4, 0.5) is 0 Å². The van der Waals surface area contributed by atoms with Crippen molar-refractivity contribution >= 4 is 11.6 Å². The van der Waals surface area contributed by atoms with Crippen LogP contribution in [-0.4, -0.2) is 15.6 Å². The Balaban J connectivity index is 2.30. The summed E-state index contributed by atoms with van der Waals surface area (Å²) in [5, 5.41) is 0.626. The molecule has 0 aliphatic carbocycles. The monoisotopic (exact) mass is 213 g/mol. The van der Waals surface area contributed by atoms with E-state index in [1.807, 2.05) is 6.92 Å². The summed E-state index contributed by atoms with van der Waals surface area (Å²) in [6.07, 6.45) is 2.13. The van der Waals surface area contributed by atoms with Crippen molar-refractivity contribution in [1.29, 1.82) is 0 Å². The van der Waals surface area contributed by atoms with Crippen LogP contribution in [0.15, 0.2) is 0 Å². The van der Waals surface area contributed by atoms with E-state index in [-0.39, 0.29) is 6.04 Å². The first kappa shape index (κ1) is 9.99. The summed E-state index contributed by atoms with van der Waals surface area (Å²) in [5.74, 6) is 0.578. The van der Waals surface area contributed by atoms with Gasteiger partial charge in [0.15, 0.2) is 0 Å². The molecule has 2 atom stereocenters. The van der Waals surface area contributed by atoms with E-state index in [2.05, 4.69) is 16.5 Å². The van der Waals surface area contributed by atoms with Crippen molar-refractivity contribution in [2.45, 2.75) is 39.3 Å². The average Bonchev–Trinajstić information content (AvgIpc) is 2.42. The van der Waals surface area contributed by atoms with Gasteiger partial charge in [0.2, 0.25) is 5.28 Å². The van der Waals surface area contributed by atoms with Crippen LogP contribution < -0.4 is 5.73 Å². The van der Waals surface area contributed by atoms with E-state index >= 15 is 0 Å². The Kier molecular flexibility index (Phi) is 2.54. The summed E-state index contributed by atoms with van der Waals surface area (Å²) >= 11 is 6.01. The maximum Gasteiger partial charge on any atom is 0.203 e. The summed E-state index contributed by atoms with van der Waals surface area (Å²) in [7, 11) is 0. The fourth-order valence-electron chi connectivity index (χ4n) is 2.15. The minimum atomic E-state index is 0.261. The predicted molar refractivity (Wildman–Crippen MR) is 57.4 cm³/mol. The van der Waals surface area contributed by atoms with E-state index in [9.17, 15) is 0 Å². The largest absolute Gasteiger partial charge is 0.328 e. The van der Waals surface area contributed by atoms with Crippen molar-refractivity contribution in [3.8, 4) is 0 Å². The van der Waals surface area contributed by atoms with Gasteiger partial charge < -0.3 is 10.3 Å². The highest BCUT2D eigenvalue weighted by Crippen LogP contribution is 2.27. The Morgan fingerprint density at radius 2 is 2.36 bits per heavy atom. The molecule has 0 spiro atoms. The van der Waals surface area contributed by atoms with Gasteiger partial charge in [-0.1, -0.05) is 0 Å². The fraction of sp³-hybridized carbons (Fsp3) is 0.700. The number of aryl methyl sites for hydroxylation is 1. The van der Waals surface area contributed by atoms with Crippen LogP contribution in [0, 0.1) is 12.8 Å². The Labute approximate surface area is 89.3 Å². The Hall–Kier alpha value is -0.540. The van der Waals surface area contributed by atoms with Crippen molar-refractivity contribution in [2.24, 2.45) is 11.7 Å². The first-order valence-electron chi connectivity index (χ1n) is 5.06. The van der Waals surface area contributed by atoms with Crippen LogP contribution in [0.3, 0.4) is 0 Å². The first-order valence-corrected chi connectivity index (χ1v) is 5.44. The lowest BCUT2D eigenvalue weighted by molar-refractivity contribution is 0.342. The lowest BCUT2D eigenvalue weighted by atomic mass is 9.90. The van der Waals surface area contributed by atoms with E-state index < -0.39 is 0 Å². The maximum absolute atomic E-state index is 6.01. The highest BCUT2D eigenvalue weighted by molar-refractivity contribution is 6.28. The van der Waals surface area contributed by atoms with Gasteiger partial charge in [0, 0.05) is 18.3 Å². The third kappa shape index (κ3) is 1.55. The summed E-state index contributed by atoms with van der Waals surface area (Å²) in [4.78, 5) is 4.27. The molecule has 0 saturated heterocycles. The second-order valence-electron chi connectivity index (χ2n) is 4.18. The molecule has 78 valence electrons. The second kappa shape index (κ2) is 3.55. The molecular weight excluding hydrogens is 198 g/mol. The number of rotatable bonds is 1. The number of aromatic nitrogens is 2. The minimum Gasteiger partial charge on any atom is -0.328 e. The third-order valence-electron chi connectivity index (χ3n) is 3.15.